The highest BCUT2D eigenvalue weighted by Gasteiger charge is 2.31. The number of anilines is 1. The minimum absolute atomic E-state index is 0.0285. The maximum atomic E-state index is 13.4. The smallest absolute Gasteiger partial charge is 0.270 e. The van der Waals surface area contributed by atoms with Gasteiger partial charge in [0.15, 0.2) is 0 Å². The van der Waals surface area contributed by atoms with Crippen LogP contribution in [0.2, 0.25) is 0 Å². The van der Waals surface area contributed by atoms with Crippen LogP contribution in [0.3, 0.4) is 0 Å². The molecule has 2 amide bonds. The summed E-state index contributed by atoms with van der Waals surface area (Å²) in [4.78, 5) is 35.5. The summed E-state index contributed by atoms with van der Waals surface area (Å²) >= 11 is 0. The van der Waals surface area contributed by atoms with Crippen molar-refractivity contribution in [1.29, 1.82) is 0 Å². The maximum absolute atomic E-state index is 13.4. The van der Waals surface area contributed by atoms with Gasteiger partial charge in [-0.05, 0) is 48.0 Å². The van der Waals surface area contributed by atoms with Gasteiger partial charge < -0.3 is 19.7 Å². The molecule has 0 radical (unpaired) electrons. The summed E-state index contributed by atoms with van der Waals surface area (Å²) < 4.78 is 24.4. The number of rotatable bonds is 4. The fourth-order valence-electron chi connectivity index (χ4n) is 3.88. The van der Waals surface area contributed by atoms with Crippen molar-refractivity contribution in [2.45, 2.75) is 12.5 Å². The average Bonchev–Trinajstić information content (AvgIpc) is 2.95. The molecule has 4 heterocycles. The quantitative estimate of drug-likeness (QED) is 0.450. The summed E-state index contributed by atoms with van der Waals surface area (Å²) in [6.07, 6.45) is 1.83. The van der Waals surface area contributed by atoms with E-state index in [1.54, 1.807) is 43.4 Å². The number of likely N-dealkylation sites (N-methyl/N-ethyl adjacent to an activating group) is 1. The van der Waals surface area contributed by atoms with E-state index in [4.69, 9.17) is 9.47 Å². The van der Waals surface area contributed by atoms with Gasteiger partial charge in [0.05, 0.1) is 24.8 Å². The summed E-state index contributed by atoms with van der Waals surface area (Å²) in [7, 11) is 1.64. The van der Waals surface area contributed by atoms with Crippen LogP contribution in [-0.4, -0.2) is 54.7 Å². The van der Waals surface area contributed by atoms with E-state index in [0.717, 1.165) is 11.1 Å². The van der Waals surface area contributed by atoms with E-state index in [2.05, 4.69) is 27.1 Å². The van der Waals surface area contributed by atoms with E-state index in [0.29, 0.717) is 36.8 Å². The molecule has 8 nitrogen and oxygen atoms in total. The van der Waals surface area contributed by atoms with Crippen LogP contribution >= 0.6 is 0 Å². The van der Waals surface area contributed by atoms with Crippen LogP contribution in [0.5, 0.6) is 5.75 Å². The Morgan fingerprint density at radius 1 is 1.19 bits per heavy atom. The number of benzene rings is 1. The lowest BCUT2D eigenvalue weighted by Gasteiger charge is -2.21. The lowest BCUT2D eigenvalue weighted by atomic mass is 10.1. The molecule has 0 bridgehead atoms. The number of nitrogens with zero attached hydrogens (tertiary/aromatic N) is 3. The van der Waals surface area contributed by atoms with Crippen molar-refractivity contribution in [3.05, 3.63) is 83.2 Å². The molecule has 0 aliphatic carbocycles. The number of carbonyl (C=O) groups is 2. The molecule has 182 valence electrons. The molecule has 1 saturated heterocycles. The lowest BCUT2D eigenvalue weighted by Crippen LogP contribution is -2.49. The third-order valence-electron chi connectivity index (χ3n) is 5.93. The largest absolute Gasteiger partial charge is 0.489 e. The van der Waals surface area contributed by atoms with Crippen molar-refractivity contribution in [2.75, 3.05) is 31.8 Å². The van der Waals surface area contributed by atoms with Gasteiger partial charge in [-0.15, -0.1) is 0 Å². The van der Waals surface area contributed by atoms with Gasteiger partial charge in [0.25, 0.3) is 11.8 Å². The summed E-state index contributed by atoms with van der Waals surface area (Å²) in [6, 6.07) is 12.4. The first-order valence-electron chi connectivity index (χ1n) is 11.5. The second kappa shape index (κ2) is 10.1. The van der Waals surface area contributed by atoms with Crippen LogP contribution < -0.4 is 15.0 Å². The van der Waals surface area contributed by atoms with Crippen molar-refractivity contribution in [2.24, 2.45) is 5.92 Å². The van der Waals surface area contributed by atoms with Crippen molar-refractivity contribution < 1.29 is 23.5 Å². The predicted octanol–water partition coefficient (Wildman–Crippen LogP) is 2.36. The molecular formula is C27H23FN4O4. The van der Waals surface area contributed by atoms with Gasteiger partial charge in [-0.25, -0.2) is 4.98 Å². The SMILES string of the molecule is CN1C(=O)[C@@H](NC(=O)c2cc(Cc3cccc(F)n3)ccn2)COc2ccc(C#CC3COC3)cc21. The Labute approximate surface area is 207 Å². The van der Waals surface area contributed by atoms with E-state index in [1.165, 1.54) is 17.2 Å². The number of hydrogen-bond donors (Lipinski definition) is 1. The molecular weight excluding hydrogens is 463 g/mol. The van der Waals surface area contributed by atoms with Crippen LogP contribution in [0.25, 0.3) is 0 Å². The Balaban J connectivity index is 1.28. The van der Waals surface area contributed by atoms with E-state index in [1.807, 2.05) is 6.07 Å². The molecule has 1 N–H and O–H groups in total. The first-order chi connectivity index (χ1) is 17.5. The van der Waals surface area contributed by atoms with E-state index >= 15 is 0 Å². The molecule has 2 aromatic heterocycles. The highest BCUT2D eigenvalue weighted by molar-refractivity contribution is 6.03. The fourth-order valence-corrected chi connectivity index (χ4v) is 3.88. The van der Waals surface area contributed by atoms with Gasteiger partial charge in [0.2, 0.25) is 5.95 Å². The molecule has 2 aliphatic heterocycles. The van der Waals surface area contributed by atoms with Gasteiger partial charge in [-0.1, -0.05) is 17.9 Å². The number of amides is 2. The highest BCUT2D eigenvalue weighted by atomic mass is 19.1. The Kier molecular flexibility index (Phi) is 6.60. The van der Waals surface area contributed by atoms with Gasteiger partial charge in [-0.3, -0.25) is 14.6 Å². The first-order valence-corrected chi connectivity index (χ1v) is 11.5. The first kappa shape index (κ1) is 23.5. The highest BCUT2D eigenvalue weighted by Crippen LogP contribution is 2.31. The van der Waals surface area contributed by atoms with Gasteiger partial charge in [0.1, 0.15) is 24.1 Å². The molecule has 2 aliphatic rings. The zero-order valence-corrected chi connectivity index (χ0v) is 19.5. The molecule has 0 spiro atoms. The Bertz CT molecular complexity index is 1380. The number of pyridine rings is 2. The molecule has 0 unspecified atom stereocenters. The van der Waals surface area contributed by atoms with Crippen molar-refractivity contribution >= 4 is 17.5 Å². The predicted molar refractivity (Wildman–Crippen MR) is 129 cm³/mol. The number of halogens is 1. The summed E-state index contributed by atoms with van der Waals surface area (Å²) in [5.74, 6) is 5.63. The van der Waals surface area contributed by atoms with Crippen LogP contribution in [0, 0.1) is 23.7 Å². The molecule has 5 rings (SSSR count). The Morgan fingerprint density at radius 2 is 2.06 bits per heavy atom. The Hall–Kier alpha value is -4.29. The van der Waals surface area contributed by atoms with Crippen molar-refractivity contribution in [1.82, 2.24) is 15.3 Å². The van der Waals surface area contributed by atoms with Crippen LogP contribution in [0.4, 0.5) is 10.1 Å². The summed E-state index contributed by atoms with van der Waals surface area (Å²) in [5.41, 5.74) is 2.75. The molecule has 0 saturated carbocycles. The topological polar surface area (TPSA) is 93.7 Å². The monoisotopic (exact) mass is 486 g/mol. The molecule has 1 aromatic carbocycles. The normalized spacial score (nSPS) is 17.1. The van der Waals surface area contributed by atoms with Gasteiger partial charge in [-0.2, -0.15) is 4.39 Å². The van der Waals surface area contributed by atoms with Gasteiger partial charge in [0, 0.05) is 30.9 Å². The van der Waals surface area contributed by atoms with Gasteiger partial charge >= 0.3 is 0 Å². The third-order valence-corrected chi connectivity index (χ3v) is 5.93. The summed E-state index contributed by atoms with van der Waals surface area (Å²) in [5, 5.41) is 2.73. The number of ether oxygens (including phenoxy) is 2. The zero-order chi connectivity index (χ0) is 25.1. The number of hydrogen-bond acceptors (Lipinski definition) is 6. The number of fused-ring (bicyclic) bond motifs is 1. The number of carbonyl (C=O) groups excluding carboxylic acids is 2. The number of aromatic nitrogens is 2. The van der Waals surface area contributed by atoms with Crippen molar-refractivity contribution in [3.63, 3.8) is 0 Å². The van der Waals surface area contributed by atoms with E-state index in [-0.39, 0.29) is 24.1 Å². The molecule has 9 heteroatoms. The van der Waals surface area contributed by atoms with Crippen LogP contribution in [0.1, 0.15) is 27.3 Å². The number of nitrogens with one attached hydrogen (secondary N) is 1. The second-order valence-corrected chi connectivity index (χ2v) is 8.60. The zero-order valence-electron chi connectivity index (χ0n) is 19.5. The average molecular weight is 487 g/mol. The lowest BCUT2D eigenvalue weighted by molar-refractivity contribution is -0.120. The Morgan fingerprint density at radius 3 is 2.83 bits per heavy atom. The van der Waals surface area contributed by atoms with E-state index in [9.17, 15) is 14.0 Å². The second-order valence-electron chi connectivity index (χ2n) is 8.60. The maximum Gasteiger partial charge on any atom is 0.270 e. The standard InChI is InChI=1S/C27H23FN4O4/c1-32-23-13-17(5-6-19-14-35-15-19)7-8-24(23)36-16-22(27(32)34)31-26(33)21-12-18(9-10-29-21)11-20-3-2-4-25(28)30-20/h2-4,7-10,12-13,19,22H,11,14-16H2,1H3,(H,31,33)/t22-/m0/s1. The summed E-state index contributed by atoms with van der Waals surface area (Å²) in [6.45, 7) is 1.25. The fraction of sp³-hybridized carbons (Fsp3) is 0.259. The molecule has 3 aromatic rings. The molecule has 36 heavy (non-hydrogen) atoms. The third kappa shape index (κ3) is 5.19. The van der Waals surface area contributed by atoms with Crippen LogP contribution in [0.15, 0.2) is 54.7 Å². The molecule has 1 atom stereocenters. The molecule has 1 fully saturated rings. The van der Waals surface area contributed by atoms with Crippen molar-refractivity contribution in [3.8, 4) is 17.6 Å². The van der Waals surface area contributed by atoms with Crippen LogP contribution in [-0.2, 0) is 16.0 Å². The minimum Gasteiger partial charge on any atom is -0.489 e. The van der Waals surface area contributed by atoms with E-state index < -0.39 is 17.9 Å². The minimum atomic E-state index is -0.910.